The second kappa shape index (κ2) is 20.2. The summed E-state index contributed by atoms with van der Waals surface area (Å²) in [4.78, 5) is 7.69. The van der Waals surface area contributed by atoms with Gasteiger partial charge in [-0.3, -0.25) is 0 Å². The van der Waals surface area contributed by atoms with E-state index in [9.17, 15) is 17.6 Å². The molecule has 7 aromatic rings. The Morgan fingerprint density at radius 2 is 0.675 bits per heavy atom. The molecule has 0 N–H and O–H groups in total. The van der Waals surface area contributed by atoms with Gasteiger partial charge in [-0.1, -0.05) is 81.2 Å². The monoisotopic (exact) mass is 1300 g/mol. The van der Waals surface area contributed by atoms with E-state index in [2.05, 4.69) is 9.97 Å². The first-order chi connectivity index (χ1) is 35.4. The third-order valence-corrected chi connectivity index (χ3v) is 14.3. The number of halogens is 28. The Kier molecular flexibility index (Phi) is 15.3. The Balaban J connectivity index is 0.00000784. The molecule has 0 saturated heterocycles. The molecule has 2 aliphatic rings. The van der Waals surface area contributed by atoms with E-state index in [0.29, 0.717) is 10.2 Å². The van der Waals surface area contributed by atoms with Crippen molar-refractivity contribution in [2.75, 3.05) is 0 Å². The van der Waals surface area contributed by atoms with Crippen LogP contribution in [0, 0.1) is 116 Å². The quantitative estimate of drug-likeness (QED) is 0.0762. The maximum atomic E-state index is 16.9. The molecule has 4 aromatic carbocycles. The molecule has 4 nitrogen and oxygen atoms in total. The molecule has 0 spiro atoms. The number of aromatic nitrogens is 4. The fourth-order valence-corrected chi connectivity index (χ4v) is 10.4. The summed E-state index contributed by atoms with van der Waals surface area (Å²) in [5.74, 6) is -62.3. The largest absolute Gasteiger partial charge is 3.00 e. The van der Waals surface area contributed by atoms with E-state index in [1.807, 2.05) is 0 Å². The van der Waals surface area contributed by atoms with Crippen LogP contribution in [0.4, 0.5) is 87.8 Å². The fraction of sp³-hybridized carbons (Fsp3) is 0. The minimum absolute atomic E-state index is 0. The van der Waals surface area contributed by atoms with Gasteiger partial charge in [0.25, 0.3) is 0 Å². The number of nitrogens with zero attached hydrogens (tertiary/aromatic N) is 4. The van der Waals surface area contributed by atoms with Crippen molar-refractivity contribution < 1.29 is 105 Å². The Morgan fingerprint density at radius 1 is 0.325 bits per heavy atom. The molecular weight excluding hydrogens is 1300 g/mol. The summed E-state index contributed by atoms with van der Waals surface area (Å²) in [5, 5.41) is -8.12. The van der Waals surface area contributed by atoms with E-state index in [1.165, 1.54) is 0 Å². The minimum atomic E-state index is -3.24. The van der Waals surface area contributed by atoms with Crippen molar-refractivity contribution in [2.45, 2.75) is 0 Å². The third-order valence-electron chi connectivity index (χ3n) is 11.2. The van der Waals surface area contributed by atoms with Crippen LogP contribution >= 0.6 is 93.0 Å². The van der Waals surface area contributed by atoms with Gasteiger partial charge in [-0.15, -0.1) is 0 Å². The summed E-state index contributed by atoms with van der Waals surface area (Å²) in [6.07, 6.45) is 0.0729. The zero-order valence-electron chi connectivity index (χ0n) is 34.9. The van der Waals surface area contributed by atoms with Crippen LogP contribution in [-0.4, -0.2) is 18.6 Å². The molecule has 399 valence electrons. The average molecular weight is 1310 g/mol. The maximum Gasteiger partial charge on any atom is 3.00 e. The molecular formula is C44H2Cl8F20FeN4+3. The minimum Gasteiger partial charge on any atom is -0.301 e. The van der Waals surface area contributed by atoms with Crippen LogP contribution in [0.15, 0.2) is 6.07 Å². The van der Waals surface area contributed by atoms with E-state index >= 15 is 70.2 Å². The van der Waals surface area contributed by atoms with Gasteiger partial charge < -0.3 is 4.57 Å². The van der Waals surface area contributed by atoms with E-state index < -0.39 is 240 Å². The fourth-order valence-electron chi connectivity index (χ4n) is 7.83. The van der Waals surface area contributed by atoms with Gasteiger partial charge in [0.05, 0.1) is 85.3 Å². The van der Waals surface area contributed by atoms with Crippen LogP contribution in [0.2, 0.25) is 25.1 Å². The van der Waals surface area contributed by atoms with E-state index in [4.69, 9.17) is 93.0 Å². The van der Waals surface area contributed by atoms with Crippen LogP contribution in [0.3, 0.4) is 0 Å². The summed E-state index contributed by atoms with van der Waals surface area (Å²) in [7, 11) is 0. The SMILES string of the molecule is Fc1c(F)c(F)c(C2=Cc3cc4c(Cl)c(Cl)c(c(Cl)c5nc(c(Cl)c6c(Cl)c(-c7c(F)c(F)c(F)c(F)c7F)c(c(-c7c(F)c(F)c(F)c(F)c7F)c2n3)n6-c2c(F)c(F)c(F)c(F)c2F)C(Cl)=C5Cl)n4Cl)c(F)c1F.[Fe+3]. The molecule has 5 heterocycles. The number of rotatable bonds is 4. The van der Waals surface area contributed by atoms with Crippen molar-refractivity contribution >= 4 is 137 Å². The number of fused-ring (bicyclic) bond motifs is 8. The summed E-state index contributed by atoms with van der Waals surface area (Å²) >= 11 is 52.4. The zero-order chi connectivity index (χ0) is 56.2. The van der Waals surface area contributed by atoms with Gasteiger partial charge in [0, 0.05) is 28.5 Å². The molecule has 0 atom stereocenters. The van der Waals surface area contributed by atoms with Crippen molar-refractivity contribution in [3.8, 4) is 27.9 Å². The Hall–Kier alpha value is -5.08. The standard InChI is InChI=1S/C44H2Cl8F20N4.Fe/c45-11-5-2-3-1-4(6-18(53)24(59)30(65)25(60)19(6)54)38(73-3)10(9-22(57)28(63)32(67)29(64)23(9)58)41-7(8-20(55)26(61)31(66)27(62)21(8)56)12(46)42(75(41)44-36(71)34(69)33(68)35(70)37(44)72)16(50)39-13(47)14(48)40(74-39)17(51)43(15(11)49)76(5)52;/h1-2H;/q;+3. The van der Waals surface area contributed by atoms with Gasteiger partial charge in [-0.05, 0) is 12.1 Å². The molecule has 3 aromatic heterocycles. The number of hydrogen-bond donors (Lipinski definition) is 0. The van der Waals surface area contributed by atoms with Crippen LogP contribution < -0.4 is 0 Å². The normalized spacial score (nSPS) is 12.6. The molecule has 2 aliphatic heterocycles. The molecule has 9 rings (SSSR count). The maximum absolute atomic E-state index is 16.9. The molecule has 0 saturated carbocycles. The summed E-state index contributed by atoms with van der Waals surface area (Å²) in [6.45, 7) is 0. The van der Waals surface area contributed by atoms with E-state index in [1.54, 1.807) is 0 Å². The predicted octanol–water partition coefficient (Wildman–Crippen LogP) is 18.5. The van der Waals surface area contributed by atoms with Gasteiger partial charge in [0.2, 0.25) is 23.3 Å². The van der Waals surface area contributed by atoms with Gasteiger partial charge in [-0.2, -0.15) is 0 Å². The summed E-state index contributed by atoms with van der Waals surface area (Å²) in [6, 6.07) is 0.436. The van der Waals surface area contributed by atoms with E-state index in [0.717, 1.165) is 0 Å². The number of benzene rings is 4. The molecule has 0 amide bonds. The van der Waals surface area contributed by atoms with Crippen molar-refractivity contribution in [2.24, 2.45) is 0 Å². The molecule has 0 aliphatic carbocycles. The van der Waals surface area contributed by atoms with Crippen LogP contribution in [0.25, 0.3) is 71.7 Å². The topological polar surface area (TPSA) is 35.6 Å². The summed E-state index contributed by atoms with van der Waals surface area (Å²) < 4.78 is 316. The van der Waals surface area contributed by atoms with Crippen molar-refractivity contribution in [1.29, 1.82) is 0 Å². The predicted molar refractivity (Wildman–Crippen MR) is 238 cm³/mol. The number of hydrogen-bond acceptors (Lipinski definition) is 2. The third kappa shape index (κ3) is 8.18. The van der Waals surface area contributed by atoms with Gasteiger partial charge >= 0.3 is 17.1 Å². The Bertz CT molecular complexity index is 4070. The molecule has 8 bridgehead atoms. The smallest absolute Gasteiger partial charge is 0.301 e. The molecule has 77 heavy (non-hydrogen) atoms. The van der Waals surface area contributed by atoms with Crippen molar-refractivity contribution in [3.05, 3.63) is 176 Å². The zero-order valence-corrected chi connectivity index (χ0v) is 42.0. The molecule has 33 heteroatoms. The first-order valence-corrected chi connectivity index (χ1v) is 22.2. The van der Waals surface area contributed by atoms with Crippen LogP contribution in [-0.2, 0) is 17.1 Å². The van der Waals surface area contributed by atoms with Crippen LogP contribution in [0.1, 0.15) is 28.3 Å². The first-order valence-electron chi connectivity index (χ1n) is 19.2. The van der Waals surface area contributed by atoms with Gasteiger partial charge in [0.15, 0.2) is 93.1 Å². The van der Waals surface area contributed by atoms with E-state index in [-0.39, 0.29) is 23.1 Å². The molecule has 1 radical (unpaired) electrons. The summed E-state index contributed by atoms with van der Waals surface area (Å²) in [5.41, 5.74) is -29.0. The van der Waals surface area contributed by atoms with Gasteiger partial charge in [-0.25, -0.2) is 102 Å². The molecule has 0 unspecified atom stereocenters. The average Bonchev–Trinajstić information content (AvgIpc) is 4.24. The van der Waals surface area contributed by atoms with Gasteiger partial charge in [0.1, 0.15) is 17.1 Å². The molecule has 0 fully saturated rings. The second-order valence-electron chi connectivity index (χ2n) is 15.1. The Labute approximate surface area is 461 Å². The second-order valence-corrected chi connectivity index (χ2v) is 18.1. The first kappa shape index (κ1) is 58.1. The van der Waals surface area contributed by atoms with Crippen molar-refractivity contribution in [3.63, 3.8) is 0 Å². The Morgan fingerprint density at radius 3 is 1.09 bits per heavy atom. The van der Waals surface area contributed by atoms with Crippen LogP contribution in [0.5, 0.6) is 0 Å². The van der Waals surface area contributed by atoms with Crippen molar-refractivity contribution in [1.82, 2.24) is 18.6 Å².